The Morgan fingerprint density at radius 3 is 2.26 bits per heavy atom. The van der Waals surface area contributed by atoms with Gasteiger partial charge in [-0.3, -0.25) is 4.79 Å². The summed E-state index contributed by atoms with van der Waals surface area (Å²) < 4.78 is 0. The number of hydrogen-bond acceptors (Lipinski definition) is 3. The van der Waals surface area contributed by atoms with E-state index in [1.165, 1.54) is 12.0 Å². The maximum Gasteiger partial charge on any atom is 0.159 e. The van der Waals surface area contributed by atoms with E-state index in [2.05, 4.69) is 54.5 Å². The molecule has 34 heavy (non-hydrogen) atoms. The number of rotatable bonds is 2. The monoisotopic (exact) mass is 470 g/mol. The SMILES string of the molecule is CC1(C)CC[C@]2(CCO)CC[C@]3(C)[C@H](C(=O)C=C4[C@@]5(C)CC[C@H](O)C(C)(C)[C@@H]5CC[C@]43C)[C@@H]2C1. The van der Waals surface area contributed by atoms with Crippen LogP contribution >= 0.6 is 0 Å². The van der Waals surface area contributed by atoms with Gasteiger partial charge in [-0.05, 0) is 115 Å². The minimum atomic E-state index is -0.253. The van der Waals surface area contributed by atoms with Crippen molar-refractivity contribution < 1.29 is 15.0 Å². The molecule has 4 saturated carbocycles. The lowest BCUT2D eigenvalue weighted by molar-refractivity contribution is -0.182. The van der Waals surface area contributed by atoms with Gasteiger partial charge in [0.25, 0.3) is 0 Å². The van der Waals surface area contributed by atoms with Gasteiger partial charge in [-0.1, -0.05) is 54.0 Å². The predicted molar refractivity (Wildman–Crippen MR) is 137 cm³/mol. The summed E-state index contributed by atoms with van der Waals surface area (Å²) >= 11 is 0. The minimum Gasteiger partial charge on any atom is -0.396 e. The fourth-order valence-electron chi connectivity index (χ4n) is 10.8. The molecular formula is C31H50O3. The Bertz CT molecular complexity index is 900. The lowest BCUT2D eigenvalue weighted by Crippen LogP contribution is -2.65. The molecule has 3 heteroatoms. The summed E-state index contributed by atoms with van der Waals surface area (Å²) in [5.41, 5.74) is 1.69. The van der Waals surface area contributed by atoms with Crippen molar-refractivity contribution in [2.45, 2.75) is 119 Å². The zero-order chi connectivity index (χ0) is 24.9. The van der Waals surface area contributed by atoms with Gasteiger partial charge in [-0.25, -0.2) is 0 Å². The van der Waals surface area contributed by atoms with Crippen LogP contribution in [0.25, 0.3) is 0 Å². The molecule has 0 spiro atoms. The summed E-state index contributed by atoms with van der Waals surface area (Å²) in [7, 11) is 0. The first kappa shape index (κ1) is 25.0. The van der Waals surface area contributed by atoms with E-state index in [1.54, 1.807) is 0 Å². The second kappa shape index (κ2) is 7.44. The van der Waals surface area contributed by atoms with Crippen LogP contribution in [0.2, 0.25) is 0 Å². The van der Waals surface area contributed by atoms with Crippen LogP contribution in [-0.4, -0.2) is 28.7 Å². The zero-order valence-corrected chi connectivity index (χ0v) is 23.0. The third kappa shape index (κ3) is 3.04. The smallest absolute Gasteiger partial charge is 0.159 e. The molecule has 4 fully saturated rings. The standard InChI is InChI=1S/C31H50O3/c1-26(2)12-14-31(16-17-32)15-13-30(7)25(20(31)19-26)21(33)18-23-28(5)10-9-24(34)27(3,4)22(28)8-11-29(23,30)6/h18,20,22,24-25,32,34H,8-17,19H2,1-7H3/t20-,22-,24-,25-,28-,29+,30+,31+/m0/s1. The maximum atomic E-state index is 14.3. The third-order valence-corrected chi connectivity index (χ3v) is 13.2. The summed E-state index contributed by atoms with van der Waals surface area (Å²) in [6.07, 6.45) is 12.6. The number of fused-ring (bicyclic) bond motifs is 7. The minimum absolute atomic E-state index is 0.00909. The number of carbonyl (C=O) groups excluding carboxylic acids is 1. The van der Waals surface area contributed by atoms with Gasteiger partial charge in [-0.2, -0.15) is 0 Å². The Morgan fingerprint density at radius 1 is 0.912 bits per heavy atom. The highest BCUT2D eigenvalue weighted by Gasteiger charge is 2.69. The molecule has 0 aliphatic heterocycles. The van der Waals surface area contributed by atoms with Crippen LogP contribution in [-0.2, 0) is 4.79 Å². The molecule has 8 atom stereocenters. The topological polar surface area (TPSA) is 57.5 Å². The van der Waals surface area contributed by atoms with Gasteiger partial charge in [0.2, 0.25) is 0 Å². The molecule has 3 nitrogen and oxygen atoms in total. The normalized spacial score (nSPS) is 51.4. The van der Waals surface area contributed by atoms with E-state index in [0.29, 0.717) is 17.6 Å². The number of hydrogen-bond donors (Lipinski definition) is 2. The average Bonchev–Trinajstić information content (AvgIpc) is 2.74. The Balaban J connectivity index is 1.63. The Labute approximate surface area is 208 Å². The zero-order valence-electron chi connectivity index (χ0n) is 23.0. The van der Waals surface area contributed by atoms with Crippen molar-refractivity contribution in [2.24, 2.45) is 50.2 Å². The van der Waals surface area contributed by atoms with E-state index >= 15 is 0 Å². The fraction of sp³-hybridized carbons (Fsp3) is 0.903. The number of aliphatic hydroxyl groups excluding tert-OH is 2. The van der Waals surface area contributed by atoms with Crippen LogP contribution in [0.5, 0.6) is 0 Å². The molecule has 5 aliphatic rings. The average molecular weight is 471 g/mol. The van der Waals surface area contributed by atoms with E-state index in [-0.39, 0.29) is 51.1 Å². The molecule has 0 aromatic rings. The van der Waals surface area contributed by atoms with Crippen molar-refractivity contribution in [3.05, 3.63) is 11.6 Å². The lowest BCUT2D eigenvalue weighted by atomic mass is 9.33. The van der Waals surface area contributed by atoms with Crippen molar-refractivity contribution in [1.82, 2.24) is 0 Å². The van der Waals surface area contributed by atoms with E-state index in [1.807, 2.05) is 0 Å². The van der Waals surface area contributed by atoms with E-state index in [4.69, 9.17) is 0 Å². The van der Waals surface area contributed by atoms with Gasteiger partial charge >= 0.3 is 0 Å². The molecule has 0 unspecified atom stereocenters. The molecule has 5 aliphatic carbocycles. The highest BCUT2D eigenvalue weighted by molar-refractivity contribution is 5.95. The van der Waals surface area contributed by atoms with Gasteiger partial charge in [-0.15, -0.1) is 0 Å². The Hall–Kier alpha value is -0.670. The highest BCUT2D eigenvalue weighted by Crippen LogP contribution is 2.75. The van der Waals surface area contributed by atoms with Gasteiger partial charge < -0.3 is 10.2 Å². The predicted octanol–water partition coefficient (Wildman–Crippen LogP) is 6.71. The van der Waals surface area contributed by atoms with Gasteiger partial charge in [0, 0.05) is 12.5 Å². The number of ketones is 1. The molecule has 0 amide bonds. The van der Waals surface area contributed by atoms with E-state index < -0.39 is 0 Å². The lowest BCUT2D eigenvalue weighted by Gasteiger charge is -2.70. The molecule has 0 saturated heterocycles. The number of carbonyl (C=O) groups is 1. The largest absolute Gasteiger partial charge is 0.396 e. The van der Waals surface area contributed by atoms with Crippen LogP contribution < -0.4 is 0 Å². The molecule has 192 valence electrons. The maximum absolute atomic E-state index is 14.3. The summed E-state index contributed by atoms with van der Waals surface area (Å²) in [5.74, 6) is 1.25. The Kier molecular flexibility index (Phi) is 5.47. The molecule has 0 radical (unpaired) electrons. The second-order valence-corrected chi connectivity index (χ2v) is 15.4. The first-order valence-corrected chi connectivity index (χ1v) is 14.2. The molecule has 5 rings (SSSR count). The molecular weight excluding hydrogens is 420 g/mol. The Morgan fingerprint density at radius 2 is 1.59 bits per heavy atom. The van der Waals surface area contributed by atoms with Crippen molar-refractivity contribution in [3.63, 3.8) is 0 Å². The summed E-state index contributed by atoms with van der Waals surface area (Å²) in [5, 5.41) is 21.0. The molecule has 0 bridgehead atoms. The first-order valence-electron chi connectivity index (χ1n) is 14.2. The van der Waals surface area contributed by atoms with Crippen LogP contribution in [0, 0.1) is 50.2 Å². The van der Waals surface area contributed by atoms with Crippen molar-refractivity contribution in [3.8, 4) is 0 Å². The fourth-order valence-corrected chi connectivity index (χ4v) is 10.8. The highest BCUT2D eigenvalue weighted by atomic mass is 16.3. The van der Waals surface area contributed by atoms with Crippen molar-refractivity contribution in [1.29, 1.82) is 0 Å². The number of aliphatic hydroxyl groups is 2. The van der Waals surface area contributed by atoms with Crippen LogP contribution in [0.1, 0.15) is 113 Å². The van der Waals surface area contributed by atoms with Gasteiger partial charge in [0.1, 0.15) is 0 Å². The molecule has 0 aromatic carbocycles. The van der Waals surface area contributed by atoms with E-state index in [9.17, 15) is 15.0 Å². The summed E-state index contributed by atoms with van der Waals surface area (Å²) in [6.45, 7) is 16.9. The van der Waals surface area contributed by atoms with Crippen molar-refractivity contribution >= 4 is 5.78 Å². The summed E-state index contributed by atoms with van der Waals surface area (Å²) in [6, 6.07) is 0. The molecule has 0 aromatic heterocycles. The van der Waals surface area contributed by atoms with E-state index in [0.717, 1.165) is 57.8 Å². The van der Waals surface area contributed by atoms with Gasteiger partial charge in [0.15, 0.2) is 5.78 Å². The van der Waals surface area contributed by atoms with Crippen molar-refractivity contribution in [2.75, 3.05) is 6.61 Å². The molecule has 0 heterocycles. The van der Waals surface area contributed by atoms with Gasteiger partial charge in [0.05, 0.1) is 6.10 Å². The summed E-state index contributed by atoms with van der Waals surface area (Å²) in [4.78, 5) is 14.3. The number of allylic oxidation sites excluding steroid dienone is 2. The third-order valence-electron chi connectivity index (χ3n) is 13.2. The molecule has 2 N–H and O–H groups in total. The van der Waals surface area contributed by atoms with Crippen LogP contribution in [0.4, 0.5) is 0 Å². The quantitative estimate of drug-likeness (QED) is 0.471. The van der Waals surface area contributed by atoms with Crippen LogP contribution in [0.15, 0.2) is 11.6 Å². The first-order chi connectivity index (χ1) is 15.7. The van der Waals surface area contributed by atoms with Crippen LogP contribution in [0.3, 0.4) is 0 Å². The second-order valence-electron chi connectivity index (χ2n) is 15.4.